The van der Waals surface area contributed by atoms with Gasteiger partial charge in [0.25, 0.3) is 0 Å². The molecule has 6 N–H and O–H groups in total. The molecular weight excluding hydrogens is 330 g/mol. The lowest BCUT2D eigenvalue weighted by Gasteiger charge is -2.16. The normalized spacial score (nSPS) is 11.3. The minimum atomic E-state index is -0.569. The molecule has 0 unspecified atom stereocenters. The van der Waals surface area contributed by atoms with Crippen LogP contribution in [0.1, 0.15) is 22.3 Å². The van der Waals surface area contributed by atoms with Gasteiger partial charge in [-0.1, -0.05) is 36.4 Å². The Morgan fingerprint density at radius 3 is 2.23 bits per heavy atom. The number of urea groups is 1. The molecule has 0 bridgehead atoms. The second-order valence-electron chi connectivity index (χ2n) is 5.89. The molecular formula is C19H21N5O2. The Labute approximate surface area is 152 Å². The lowest BCUT2D eigenvalue weighted by Crippen LogP contribution is -2.42. The third-order valence-electron chi connectivity index (χ3n) is 3.88. The van der Waals surface area contributed by atoms with Crippen LogP contribution in [0.5, 0.6) is 0 Å². The lowest BCUT2D eigenvalue weighted by atomic mass is 10.0. The summed E-state index contributed by atoms with van der Waals surface area (Å²) in [7, 11) is 0. The smallest absolute Gasteiger partial charge is 0.312 e. The summed E-state index contributed by atoms with van der Waals surface area (Å²) in [6, 6.07) is 15.6. The molecule has 0 fully saturated rings. The van der Waals surface area contributed by atoms with Gasteiger partial charge in [-0.15, -0.1) is 0 Å². The monoisotopic (exact) mass is 351 g/mol. The van der Waals surface area contributed by atoms with Crippen LogP contribution in [0.4, 0.5) is 4.79 Å². The van der Waals surface area contributed by atoms with Crippen molar-refractivity contribution < 1.29 is 9.59 Å². The molecule has 0 spiro atoms. The van der Waals surface area contributed by atoms with Crippen LogP contribution in [0, 0.1) is 11.3 Å². The summed E-state index contributed by atoms with van der Waals surface area (Å²) in [5.41, 5.74) is 13.8. The van der Waals surface area contributed by atoms with Crippen LogP contribution in [0.15, 0.2) is 48.5 Å². The molecule has 0 heterocycles. The zero-order chi connectivity index (χ0) is 18.9. The summed E-state index contributed by atoms with van der Waals surface area (Å²) < 4.78 is 0. The van der Waals surface area contributed by atoms with Gasteiger partial charge in [-0.25, -0.2) is 4.79 Å². The van der Waals surface area contributed by atoms with Gasteiger partial charge in [0.1, 0.15) is 0 Å². The predicted octanol–water partition coefficient (Wildman–Crippen LogP) is 0.913. The Morgan fingerprint density at radius 1 is 1.00 bits per heavy atom. The van der Waals surface area contributed by atoms with Gasteiger partial charge in [-0.2, -0.15) is 5.26 Å². The lowest BCUT2D eigenvalue weighted by molar-refractivity contribution is -0.120. The summed E-state index contributed by atoms with van der Waals surface area (Å²) in [4.78, 5) is 22.4. The average Bonchev–Trinajstić information content (AvgIpc) is 2.64. The Morgan fingerprint density at radius 2 is 1.65 bits per heavy atom. The molecule has 0 aromatic heterocycles. The number of nitrogens with two attached hydrogens (primary N) is 2. The van der Waals surface area contributed by atoms with Crippen molar-refractivity contribution in [1.29, 1.82) is 5.26 Å². The number of nitrogens with zero attached hydrogens (tertiary/aromatic N) is 1. The molecule has 134 valence electrons. The van der Waals surface area contributed by atoms with Crippen molar-refractivity contribution in [3.8, 4) is 6.07 Å². The van der Waals surface area contributed by atoms with E-state index in [-0.39, 0.29) is 0 Å². The standard InChI is InChI=1S/C19H21N5O2/c20-10-16-3-1-2-15(8-16)9-17(18(21)25)23-11-13-4-6-14(7-5-13)12-24-19(22)26/h1-8,17,23H,9,11-12H2,(H2,21,25)(H3,22,24,26)/t17-/m1/s1. The Bertz CT molecular complexity index is 811. The molecule has 0 saturated carbocycles. The number of hydrogen-bond donors (Lipinski definition) is 4. The van der Waals surface area contributed by atoms with Crippen LogP contribution in [0.25, 0.3) is 0 Å². The Hall–Kier alpha value is -3.37. The quantitative estimate of drug-likeness (QED) is 0.562. The Balaban J connectivity index is 1.94. The molecule has 0 saturated heterocycles. The van der Waals surface area contributed by atoms with Crippen LogP contribution < -0.4 is 22.1 Å². The van der Waals surface area contributed by atoms with Gasteiger partial charge in [-0.05, 0) is 35.2 Å². The molecule has 2 aromatic rings. The number of hydrogen-bond acceptors (Lipinski definition) is 4. The Kier molecular flexibility index (Phi) is 6.71. The number of benzene rings is 2. The maximum absolute atomic E-state index is 11.7. The first-order chi connectivity index (χ1) is 12.5. The van der Waals surface area contributed by atoms with Crippen molar-refractivity contribution in [3.63, 3.8) is 0 Å². The summed E-state index contributed by atoms with van der Waals surface area (Å²) in [6.45, 7) is 0.831. The highest BCUT2D eigenvalue weighted by atomic mass is 16.2. The molecule has 7 heteroatoms. The minimum absolute atomic E-state index is 0.363. The van der Waals surface area contributed by atoms with Gasteiger partial charge in [0.05, 0.1) is 17.7 Å². The molecule has 0 aliphatic rings. The summed E-state index contributed by atoms with van der Waals surface area (Å²) in [5, 5.41) is 14.6. The molecule has 3 amide bonds. The van der Waals surface area contributed by atoms with E-state index in [1.54, 1.807) is 18.2 Å². The SMILES string of the molecule is N#Cc1cccc(C[C@@H](NCc2ccc(CNC(N)=O)cc2)C(N)=O)c1. The number of nitrogens with one attached hydrogen (secondary N) is 2. The molecule has 0 aliphatic heterocycles. The van der Waals surface area contributed by atoms with E-state index in [0.29, 0.717) is 25.1 Å². The summed E-state index contributed by atoms with van der Waals surface area (Å²) in [6.07, 6.45) is 0.408. The van der Waals surface area contributed by atoms with Crippen molar-refractivity contribution >= 4 is 11.9 Å². The number of nitriles is 1. The average molecular weight is 351 g/mol. The fraction of sp³-hybridized carbons (Fsp3) is 0.211. The third-order valence-corrected chi connectivity index (χ3v) is 3.88. The number of carbonyl (C=O) groups is 2. The number of amides is 3. The van der Waals surface area contributed by atoms with E-state index in [4.69, 9.17) is 16.7 Å². The molecule has 2 rings (SSSR count). The fourth-order valence-corrected chi connectivity index (χ4v) is 2.48. The van der Waals surface area contributed by atoms with Crippen molar-refractivity contribution in [3.05, 3.63) is 70.8 Å². The van der Waals surface area contributed by atoms with Gasteiger partial charge in [0, 0.05) is 13.1 Å². The van der Waals surface area contributed by atoms with Crippen LogP contribution >= 0.6 is 0 Å². The zero-order valence-electron chi connectivity index (χ0n) is 14.2. The molecule has 0 radical (unpaired) electrons. The number of carbonyl (C=O) groups excluding carboxylic acids is 2. The summed E-state index contributed by atoms with van der Waals surface area (Å²) in [5.74, 6) is -0.449. The van der Waals surface area contributed by atoms with E-state index in [9.17, 15) is 9.59 Å². The molecule has 26 heavy (non-hydrogen) atoms. The number of primary amides is 2. The molecule has 0 aliphatic carbocycles. The number of rotatable bonds is 8. The second-order valence-corrected chi connectivity index (χ2v) is 5.89. The second kappa shape index (κ2) is 9.20. The highest BCUT2D eigenvalue weighted by Crippen LogP contribution is 2.09. The van der Waals surface area contributed by atoms with Crippen molar-refractivity contribution in [2.75, 3.05) is 0 Å². The van der Waals surface area contributed by atoms with Crippen molar-refractivity contribution in [2.24, 2.45) is 11.5 Å². The van der Waals surface area contributed by atoms with Crippen LogP contribution in [0.2, 0.25) is 0 Å². The first kappa shape index (κ1) is 19.0. The van der Waals surface area contributed by atoms with Gasteiger partial charge in [0.2, 0.25) is 5.91 Å². The van der Waals surface area contributed by atoms with Gasteiger partial charge < -0.3 is 22.1 Å². The van der Waals surface area contributed by atoms with E-state index in [1.165, 1.54) is 0 Å². The molecule has 7 nitrogen and oxygen atoms in total. The predicted molar refractivity (Wildman–Crippen MR) is 97.5 cm³/mol. The van der Waals surface area contributed by atoms with E-state index >= 15 is 0 Å². The van der Waals surface area contributed by atoms with Crippen molar-refractivity contribution in [1.82, 2.24) is 10.6 Å². The van der Waals surface area contributed by atoms with Gasteiger partial charge >= 0.3 is 6.03 Å². The largest absolute Gasteiger partial charge is 0.368 e. The van der Waals surface area contributed by atoms with Gasteiger partial charge in [-0.3, -0.25) is 4.79 Å². The molecule has 1 atom stereocenters. The molecule has 2 aromatic carbocycles. The summed E-state index contributed by atoms with van der Waals surface area (Å²) >= 11 is 0. The van der Waals surface area contributed by atoms with E-state index in [0.717, 1.165) is 16.7 Å². The maximum Gasteiger partial charge on any atom is 0.312 e. The van der Waals surface area contributed by atoms with E-state index < -0.39 is 18.0 Å². The minimum Gasteiger partial charge on any atom is -0.368 e. The van der Waals surface area contributed by atoms with Crippen molar-refractivity contribution in [2.45, 2.75) is 25.6 Å². The first-order valence-electron chi connectivity index (χ1n) is 8.11. The van der Waals surface area contributed by atoms with E-state index in [1.807, 2.05) is 30.3 Å². The van der Waals surface area contributed by atoms with E-state index in [2.05, 4.69) is 16.7 Å². The maximum atomic E-state index is 11.7. The zero-order valence-corrected chi connectivity index (χ0v) is 14.2. The van der Waals surface area contributed by atoms with Crippen LogP contribution in [-0.2, 0) is 24.3 Å². The van der Waals surface area contributed by atoms with Crippen LogP contribution in [0.3, 0.4) is 0 Å². The first-order valence-corrected chi connectivity index (χ1v) is 8.11. The van der Waals surface area contributed by atoms with Crippen LogP contribution in [-0.4, -0.2) is 18.0 Å². The highest BCUT2D eigenvalue weighted by Gasteiger charge is 2.15. The fourth-order valence-electron chi connectivity index (χ4n) is 2.48. The topological polar surface area (TPSA) is 134 Å². The highest BCUT2D eigenvalue weighted by molar-refractivity contribution is 5.80. The van der Waals surface area contributed by atoms with Gasteiger partial charge in [0.15, 0.2) is 0 Å². The third kappa shape index (κ3) is 5.92.